The van der Waals surface area contributed by atoms with Crippen molar-refractivity contribution in [1.29, 1.82) is 0 Å². The first-order valence-electron chi connectivity index (χ1n) is 8.40. The van der Waals surface area contributed by atoms with Gasteiger partial charge >= 0.3 is 5.69 Å². The molecule has 4 heteroatoms. The van der Waals surface area contributed by atoms with E-state index in [4.69, 9.17) is 0 Å². The van der Waals surface area contributed by atoms with Gasteiger partial charge in [0.2, 0.25) is 0 Å². The lowest BCUT2D eigenvalue weighted by molar-refractivity contribution is 0.769. The van der Waals surface area contributed by atoms with Gasteiger partial charge in [-0.2, -0.15) is 0 Å². The highest BCUT2D eigenvalue weighted by Crippen LogP contribution is 2.31. The highest BCUT2D eigenvalue weighted by Gasteiger charge is 2.17. The van der Waals surface area contributed by atoms with Crippen LogP contribution in [0.25, 0.3) is 22.5 Å². The molecule has 3 nitrogen and oxygen atoms in total. The largest absolute Gasteiger partial charge is 0.326 e. The second-order valence-corrected chi connectivity index (χ2v) is 7.01. The standard InChI is InChI=1S/C22H17BrN2O/c23-19-13-11-18(12-14-19)21-20(17-9-5-2-6-10-17)24-22(26)25(21)15-16-7-3-1-4-8-16/h1-14H,15H2,(H,24,26). The summed E-state index contributed by atoms with van der Waals surface area (Å²) < 4.78 is 2.82. The van der Waals surface area contributed by atoms with Crippen LogP contribution in [0, 0.1) is 0 Å². The van der Waals surface area contributed by atoms with Gasteiger partial charge in [-0.05, 0) is 17.7 Å². The van der Waals surface area contributed by atoms with E-state index >= 15 is 0 Å². The van der Waals surface area contributed by atoms with Crippen LogP contribution in [0.5, 0.6) is 0 Å². The molecule has 3 aromatic carbocycles. The van der Waals surface area contributed by atoms with Crippen molar-refractivity contribution in [3.63, 3.8) is 0 Å². The second kappa shape index (κ2) is 7.18. The van der Waals surface area contributed by atoms with Crippen molar-refractivity contribution in [2.75, 3.05) is 0 Å². The molecule has 0 aliphatic carbocycles. The molecule has 1 aromatic heterocycles. The highest BCUT2D eigenvalue weighted by molar-refractivity contribution is 9.10. The summed E-state index contributed by atoms with van der Waals surface area (Å²) in [6.45, 7) is 0.522. The van der Waals surface area contributed by atoms with Gasteiger partial charge in [0, 0.05) is 15.6 Å². The fourth-order valence-corrected chi connectivity index (χ4v) is 3.37. The van der Waals surface area contributed by atoms with Crippen molar-refractivity contribution in [3.8, 4) is 22.5 Å². The number of nitrogens with one attached hydrogen (secondary N) is 1. The maximum atomic E-state index is 12.8. The number of H-pyrrole nitrogens is 1. The van der Waals surface area contributed by atoms with E-state index in [1.807, 2.05) is 84.9 Å². The Morgan fingerprint density at radius 2 is 1.38 bits per heavy atom. The van der Waals surface area contributed by atoms with E-state index in [0.29, 0.717) is 6.54 Å². The number of rotatable bonds is 4. The Labute approximate surface area is 160 Å². The average molecular weight is 405 g/mol. The number of benzene rings is 3. The van der Waals surface area contributed by atoms with Gasteiger partial charge < -0.3 is 4.98 Å². The molecule has 0 bridgehead atoms. The molecule has 128 valence electrons. The van der Waals surface area contributed by atoms with E-state index in [1.54, 1.807) is 4.57 Å². The van der Waals surface area contributed by atoms with Crippen LogP contribution in [0.15, 0.2) is 94.2 Å². The van der Waals surface area contributed by atoms with E-state index < -0.39 is 0 Å². The maximum absolute atomic E-state index is 12.8. The number of nitrogens with zero attached hydrogens (tertiary/aromatic N) is 1. The lowest BCUT2D eigenvalue weighted by Gasteiger charge is -2.11. The van der Waals surface area contributed by atoms with Crippen LogP contribution in [-0.2, 0) is 6.54 Å². The zero-order chi connectivity index (χ0) is 17.9. The predicted molar refractivity (Wildman–Crippen MR) is 109 cm³/mol. The van der Waals surface area contributed by atoms with Gasteiger partial charge in [-0.15, -0.1) is 0 Å². The predicted octanol–water partition coefficient (Wildman–Crippen LogP) is 5.32. The van der Waals surface area contributed by atoms with E-state index in [9.17, 15) is 4.79 Å². The third-order valence-electron chi connectivity index (χ3n) is 4.35. The molecule has 0 unspecified atom stereocenters. The van der Waals surface area contributed by atoms with Crippen LogP contribution in [0.2, 0.25) is 0 Å². The van der Waals surface area contributed by atoms with E-state index in [0.717, 1.165) is 32.6 Å². The third kappa shape index (κ3) is 3.28. The zero-order valence-corrected chi connectivity index (χ0v) is 15.6. The summed E-state index contributed by atoms with van der Waals surface area (Å²) in [7, 11) is 0. The molecule has 0 aliphatic heterocycles. The van der Waals surface area contributed by atoms with E-state index in [-0.39, 0.29) is 5.69 Å². The van der Waals surface area contributed by atoms with Gasteiger partial charge in [-0.25, -0.2) is 4.79 Å². The van der Waals surface area contributed by atoms with Crippen LogP contribution in [0.3, 0.4) is 0 Å². The number of aromatic nitrogens is 2. The Hall–Kier alpha value is -2.85. The molecular formula is C22H17BrN2O. The number of halogens is 1. The monoisotopic (exact) mass is 404 g/mol. The van der Waals surface area contributed by atoms with E-state index in [2.05, 4.69) is 20.9 Å². The molecule has 0 fully saturated rings. The lowest BCUT2D eigenvalue weighted by Crippen LogP contribution is -2.18. The Balaban J connectivity index is 1.92. The Bertz CT molecular complexity index is 1060. The van der Waals surface area contributed by atoms with Gasteiger partial charge in [0.05, 0.1) is 17.9 Å². The smallest absolute Gasteiger partial charge is 0.305 e. The molecule has 0 saturated carbocycles. The van der Waals surface area contributed by atoms with Crippen LogP contribution in [0.1, 0.15) is 5.56 Å². The van der Waals surface area contributed by atoms with Crippen molar-refractivity contribution in [2.45, 2.75) is 6.54 Å². The molecule has 0 atom stereocenters. The summed E-state index contributed by atoms with van der Waals surface area (Å²) in [6, 6.07) is 28.0. The second-order valence-electron chi connectivity index (χ2n) is 6.10. The summed E-state index contributed by atoms with van der Waals surface area (Å²) in [5, 5.41) is 0. The fourth-order valence-electron chi connectivity index (χ4n) is 3.11. The van der Waals surface area contributed by atoms with Gasteiger partial charge in [0.15, 0.2) is 0 Å². The minimum Gasteiger partial charge on any atom is -0.305 e. The molecule has 0 aliphatic rings. The minimum atomic E-state index is -0.106. The topological polar surface area (TPSA) is 37.8 Å². The third-order valence-corrected chi connectivity index (χ3v) is 4.88. The molecule has 0 spiro atoms. The number of hydrogen-bond acceptors (Lipinski definition) is 1. The van der Waals surface area contributed by atoms with Crippen LogP contribution >= 0.6 is 15.9 Å². The molecule has 1 N–H and O–H groups in total. The van der Waals surface area contributed by atoms with E-state index in [1.165, 1.54) is 0 Å². The molecule has 0 radical (unpaired) electrons. The first-order chi connectivity index (χ1) is 12.7. The molecular weight excluding hydrogens is 388 g/mol. The zero-order valence-electron chi connectivity index (χ0n) is 14.0. The average Bonchev–Trinajstić information content (AvgIpc) is 3.00. The summed E-state index contributed by atoms with van der Waals surface area (Å²) in [5.74, 6) is 0. The quantitative estimate of drug-likeness (QED) is 0.490. The van der Waals surface area contributed by atoms with Crippen LogP contribution in [0.4, 0.5) is 0 Å². The van der Waals surface area contributed by atoms with Gasteiger partial charge in [-0.1, -0.05) is 88.7 Å². The van der Waals surface area contributed by atoms with Crippen molar-refractivity contribution in [2.24, 2.45) is 0 Å². The molecule has 4 aromatic rings. The number of aromatic amines is 1. The van der Waals surface area contributed by atoms with Crippen molar-refractivity contribution < 1.29 is 0 Å². The van der Waals surface area contributed by atoms with Gasteiger partial charge in [0.1, 0.15) is 0 Å². The molecule has 4 rings (SSSR count). The minimum absolute atomic E-state index is 0.106. The summed E-state index contributed by atoms with van der Waals surface area (Å²) in [4.78, 5) is 15.8. The SMILES string of the molecule is O=c1[nH]c(-c2ccccc2)c(-c2ccc(Br)cc2)n1Cc1ccccc1. The normalized spacial score (nSPS) is 10.8. The Morgan fingerprint density at radius 1 is 0.769 bits per heavy atom. The Morgan fingerprint density at radius 3 is 2.04 bits per heavy atom. The highest BCUT2D eigenvalue weighted by atomic mass is 79.9. The first kappa shape index (κ1) is 16.6. The first-order valence-corrected chi connectivity index (χ1v) is 9.20. The fraction of sp³-hybridized carbons (Fsp3) is 0.0455. The molecule has 0 amide bonds. The molecule has 26 heavy (non-hydrogen) atoms. The maximum Gasteiger partial charge on any atom is 0.326 e. The van der Waals surface area contributed by atoms with Crippen molar-refractivity contribution in [3.05, 3.63) is 105 Å². The van der Waals surface area contributed by atoms with Gasteiger partial charge in [0.25, 0.3) is 0 Å². The van der Waals surface area contributed by atoms with Crippen LogP contribution in [-0.4, -0.2) is 9.55 Å². The number of hydrogen-bond donors (Lipinski definition) is 1. The van der Waals surface area contributed by atoms with Crippen molar-refractivity contribution >= 4 is 15.9 Å². The summed E-state index contributed by atoms with van der Waals surface area (Å²) in [5.41, 5.74) is 4.72. The lowest BCUT2D eigenvalue weighted by atomic mass is 10.0. The summed E-state index contributed by atoms with van der Waals surface area (Å²) >= 11 is 3.48. The Kier molecular flexibility index (Phi) is 4.59. The molecule has 1 heterocycles. The summed E-state index contributed by atoms with van der Waals surface area (Å²) in [6.07, 6.45) is 0. The number of imidazole rings is 1. The van der Waals surface area contributed by atoms with Gasteiger partial charge in [-0.3, -0.25) is 4.57 Å². The van der Waals surface area contributed by atoms with Crippen LogP contribution < -0.4 is 5.69 Å². The van der Waals surface area contributed by atoms with Crippen molar-refractivity contribution in [1.82, 2.24) is 9.55 Å². The molecule has 0 saturated heterocycles.